The number of rotatable bonds is 7. The number of nitrogens with zero attached hydrogens (tertiary/aromatic N) is 4. The molecule has 1 amide bonds. The summed E-state index contributed by atoms with van der Waals surface area (Å²) in [6.45, 7) is 10.3. The topological polar surface area (TPSA) is 142 Å². The third kappa shape index (κ3) is 4.99. The molecular weight excluding hydrogens is 500 g/mol. The largest absolute Gasteiger partial charge is 0.470 e. The van der Waals surface area contributed by atoms with E-state index in [9.17, 15) is 9.59 Å². The number of cyclic esters (lactones) is 1. The first-order chi connectivity index (χ1) is 18.5. The minimum Gasteiger partial charge on any atom is -0.470 e. The van der Waals surface area contributed by atoms with Crippen molar-refractivity contribution in [3.8, 4) is 5.88 Å². The van der Waals surface area contributed by atoms with Gasteiger partial charge in [0.15, 0.2) is 0 Å². The molecule has 0 bridgehead atoms. The van der Waals surface area contributed by atoms with Crippen LogP contribution in [-0.2, 0) is 14.3 Å². The Morgan fingerprint density at radius 2 is 1.92 bits per heavy atom. The number of esters is 1. The molecule has 11 nitrogen and oxygen atoms in total. The summed E-state index contributed by atoms with van der Waals surface area (Å²) in [4.78, 5) is 40.3. The van der Waals surface area contributed by atoms with Crippen LogP contribution in [0, 0.1) is 0 Å². The molecule has 3 aromatic rings. The van der Waals surface area contributed by atoms with Gasteiger partial charge in [-0.25, -0.2) is 19.7 Å². The predicted molar refractivity (Wildman–Crippen MR) is 145 cm³/mol. The quantitative estimate of drug-likeness (QED) is 0.433. The normalized spacial score (nSPS) is 20.0. The molecule has 0 radical (unpaired) electrons. The lowest BCUT2D eigenvalue weighted by molar-refractivity contribution is -0.149. The molecule has 2 aliphatic rings. The van der Waals surface area contributed by atoms with Gasteiger partial charge in [0.2, 0.25) is 5.88 Å². The minimum absolute atomic E-state index is 0.0644. The number of carbonyl (C=O) groups excluding carboxylic acids is 2. The molecular formula is C28H34N6O5. The average molecular weight is 535 g/mol. The fourth-order valence-corrected chi connectivity index (χ4v) is 4.76. The summed E-state index contributed by atoms with van der Waals surface area (Å²) in [5.74, 6) is 1.05. The molecule has 2 aliphatic heterocycles. The minimum atomic E-state index is -0.654. The molecule has 0 saturated carbocycles. The fourth-order valence-electron chi connectivity index (χ4n) is 4.76. The summed E-state index contributed by atoms with van der Waals surface area (Å²) in [6, 6.07) is 5.08. The number of hydrogen-bond acceptors (Lipinski definition) is 10. The molecule has 206 valence electrons. The van der Waals surface area contributed by atoms with Crippen LogP contribution in [-0.4, -0.2) is 69.7 Å². The molecule has 3 unspecified atom stereocenters. The molecule has 3 N–H and O–H groups in total. The fraction of sp³-hybridized carbons (Fsp3) is 0.464. The first-order valence-electron chi connectivity index (χ1n) is 13.0. The van der Waals surface area contributed by atoms with E-state index in [4.69, 9.17) is 24.9 Å². The SMILES string of the molecule is COC(C)C(=O)N1CC(Oc2ncc(C(C)N)c3cc(Nc4ccc5c(n4)C(C)C(C)(C)OC5=O)ncc23)C1. The molecule has 3 atom stereocenters. The summed E-state index contributed by atoms with van der Waals surface area (Å²) in [7, 11) is 1.52. The van der Waals surface area contributed by atoms with Gasteiger partial charge in [0.25, 0.3) is 5.91 Å². The Hall–Kier alpha value is -3.83. The van der Waals surface area contributed by atoms with Gasteiger partial charge in [-0.2, -0.15) is 0 Å². The molecule has 1 fully saturated rings. The van der Waals surface area contributed by atoms with Gasteiger partial charge in [0, 0.05) is 31.5 Å². The number of ether oxygens (including phenoxy) is 3. The number of amides is 1. The van der Waals surface area contributed by atoms with E-state index < -0.39 is 11.7 Å². The summed E-state index contributed by atoms with van der Waals surface area (Å²) < 4.78 is 16.8. The van der Waals surface area contributed by atoms with Crippen LogP contribution in [0.1, 0.15) is 68.2 Å². The maximum Gasteiger partial charge on any atom is 0.340 e. The van der Waals surface area contributed by atoms with Crippen molar-refractivity contribution in [1.29, 1.82) is 0 Å². The number of carbonyl (C=O) groups is 2. The van der Waals surface area contributed by atoms with Gasteiger partial charge in [-0.05, 0) is 56.8 Å². The maximum absolute atomic E-state index is 12.4. The van der Waals surface area contributed by atoms with E-state index in [0.29, 0.717) is 41.9 Å². The number of pyridine rings is 3. The number of anilines is 2. The van der Waals surface area contributed by atoms with Crippen LogP contribution in [0.25, 0.3) is 10.8 Å². The van der Waals surface area contributed by atoms with Crippen molar-refractivity contribution < 1.29 is 23.8 Å². The highest BCUT2D eigenvalue weighted by molar-refractivity contribution is 5.93. The lowest BCUT2D eigenvalue weighted by Crippen LogP contribution is -2.58. The second-order valence-electron chi connectivity index (χ2n) is 10.8. The van der Waals surface area contributed by atoms with Crippen molar-refractivity contribution in [3.05, 3.63) is 47.4 Å². The highest BCUT2D eigenvalue weighted by atomic mass is 16.6. The van der Waals surface area contributed by atoms with Crippen molar-refractivity contribution >= 4 is 34.3 Å². The van der Waals surface area contributed by atoms with Crippen LogP contribution in [0.3, 0.4) is 0 Å². The Kier molecular flexibility index (Phi) is 6.90. The zero-order valence-corrected chi connectivity index (χ0v) is 23.0. The molecule has 5 heterocycles. The van der Waals surface area contributed by atoms with Gasteiger partial charge in [0.05, 0.1) is 29.7 Å². The second kappa shape index (κ2) is 10.0. The Morgan fingerprint density at radius 1 is 1.18 bits per heavy atom. The predicted octanol–water partition coefficient (Wildman–Crippen LogP) is 3.47. The number of nitrogens with one attached hydrogen (secondary N) is 1. The van der Waals surface area contributed by atoms with E-state index in [0.717, 1.165) is 16.3 Å². The maximum atomic E-state index is 12.4. The van der Waals surface area contributed by atoms with E-state index in [1.54, 1.807) is 36.4 Å². The lowest BCUT2D eigenvalue weighted by Gasteiger charge is -2.39. The standard InChI is InChI=1S/C28H34N6O5/c1-14-24-18(27(36)39-28(14,4)5)7-8-22(33-24)32-23-9-19-20(15(2)29)10-31-25(21(19)11-30-23)38-17-12-34(13-17)26(35)16(3)37-6/h7-11,14-17H,12-13,29H2,1-6H3,(H,30,32,33). The number of nitrogens with two attached hydrogens (primary N) is 1. The third-order valence-electron chi connectivity index (χ3n) is 7.61. The molecule has 5 rings (SSSR count). The Balaban J connectivity index is 1.40. The van der Waals surface area contributed by atoms with Crippen LogP contribution < -0.4 is 15.8 Å². The van der Waals surface area contributed by atoms with Crippen LogP contribution in [0.4, 0.5) is 11.6 Å². The number of aromatic nitrogens is 3. The van der Waals surface area contributed by atoms with Gasteiger partial charge in [0.1, 0.15) is 29.4 Å². The molecule has 0 aliphatic carbocycles. The lowest BCUT2D eigenvalue weighted by atomic mass is 9.84. The van der Waals surface area contributed by atoms with Crippen molar-refractivity contribution in [3.63, 3.8) is 0 Å². The molecule has 11 heteroatoms. The molecule has 39 heavy (non-hydrogen) atoms. The summed E-state index contributed by atoms with van der Waals surface area (Å²) in [6.07, 6.45) is 2.75. The number of likely N-dealkylation sites (tertiary alicyclic amines) is 1. The highest BCUT2D eigenvalue weighted by Crippen LogP contribution is 2.38. The van der Waals surface area contributed by atoms with Crippen molar-refractivity contribution in [1.82, 2.24) is 19.9 Å². The van der Waals surface area contributed by atoms with Gasteiger partial charge in [-0.1, -0.05) is 6.92 Å². The summed E-state index contributed by atoms with van der Waals surface area (Å²) in [5.41, 5.74) is 7.61. The molecule has 0 spiro atoms. The van der Waals surface area contributed by atoms with E-state index >= 15 is 0 Å². The second-order valence-corrected chi connectivity index (χ2v) is 10.8. The van der Waals surface area contributed by atoms with Crippen LogP contribution >= 0.6 is 0 Å². The monoisotopic (exact) mass is 534 g/mol. The van der Waals surface area contributed by atoms with E-state index in [1.807, 2.05) is 33.8 Å². The first-order valence-corrected chi connectivity index (χ1v) is 13.0. The van der Waals surface area contributed by atoms with Crippen LogP contribution in [0.5, 0.6) is 5.88 Å². The summed E-state index contributed by atoms with van der Waals surface area (Å²) >= 11 is 0. The van der Waals surface area contributed by atoms with E-state index in [-0.39, 0.29) is 29.9 Å². The Labute approximate surface area is 227 Å². The van der Waals surface area contributed by atoms with Crippen molar-refractivity contribution in [2.24, 2.45) is 5.73 Å². The van der Waals surface area contributed by atoms with Crippen LogP contribution in [0.15, 0.2) is 30.6 Å². The van der Waals surface area contributed by atoms with Crippen LogP contribution in [0.2, 0.25) is 0 Å². The van der Waals surface area contributed by atoms with E-state index in [1.165, 1.54) is 7.11 Å². The summed E-state index contributed by atoms with van der Waals surface area (Å²) in [5, 5.41) is 4.83. The Bertz CT molecular complexity index is 1440. The number of methoxy groups -OCH3 is 1. The van der Waals surface area contributed by atoms with Gasteiger partial charge in [-0.15, -0.1) is 0 Å². The zero-order chi connectivity index (χ0) is 28.1. The number of fused-ring (bicyclic) bond motifs is 2. The van der Waals surface area contributed by atoms with Gasteiger partial charge < -0.3 is 30.2 Å². The Morgan fingerprint density at radius 3 is 2.62 bits per heavy atom. The smallest absolute Gasteiger partial charge is 0.340 e. The van der Waals surface area contributed by atoms with Gasteiger partial charge >= 0.3 is 5.97 Å². The van der Waals surface area contributed by atoms with Crippen molar-refractivity contribution in [2.45, 2.75) is 64.4 Å². The third-order valence-corrected chi connectivity index (χ3v) is 7.61. The average Bonchev–Trinajstić information content (AvgIpc) is 2.87. The molecule has 1 saturated heterocycles. The van der Waals surface area contributed by atoms with Crippen molar-refractivity contribution in [2.75, 3.05) is 25.5 Å². The highest BCUT2D eigenvalue weighted by Gasteiger charge is 2.40. The molecule has 3 aromatic heterocycles. The zero-order valence-electron chi connectivity index (χ0n) is 23.0. The number of hydrogen-bond donors (Lipinski definition) is 2. The first kappa shape index (κ1) is 26.8. The van der Waals surface area contributed by atoms with Gasteiger partial charge in [-0.3, -0.25) is 4.79 Å². The van der Waals surface area contributed by atoms with E-state index in [2.05, 4.69) is 15.3 Å². The molecule has 0 aromatic carbocycles.